The number of rotatable bonds is 8. The molecule has 0 heterocycles. The highest BCUT2D eigenvalue weighted by Crippen LogP contribution is 2.59. The molecule has 2 bridgehead atoms. The smallest absolute Gasteiger partial charge is 0.406 e. The van der Waals surface area contributed by atoms with E-state index in [-0.39, 0.29) is 38.5 Å². The molecule has 3 aliphatic rings. The van der Waals surface area contributed by atoms with Gasteiger partial charge in [-0.15, -0.1) is 13.2 Å². The second-order valence-electron chi connectivity index (χ2n) is 9.32. The summed E-state index contributed by atoms with van der Waals surface area (Å²) in [4.78, 5) is 13.1. The van der Waals surface area contributed by atoms with Crippen LogP contribution in [0.25, 0.3) is 0 Å². The number of hydrogen-bond acceptors (Lipinski definition) is 6. The van der Waals surface area contributed by atoms with Crippen LogP contribution >= 0.6 is 0 Å². The molecule has 0 aromatic heterocycles. The first-order valence-electron chi connectivity index (χ1n) is 10.7. The van der Waals surface area contributed by atoms with Gasteiger partial charge in [-0.1, -0.05) is 0 Å². The number of carbonyl (C=O) groups is 1. The molecule has 1 amide bonds. The fourth-order valence-electron chi connectivity index (χ4n) is 4.59. The van der Waals surface area contributed by atoms with E-state index < -0.39 is 77.8 Å². The largest absolute Gasteiger partial charge is 0.573 e. The number of carbonyl (C=O) groups excluding carboxylic acids is 1. The minimum absolute atomic E-state index is 0.0307. The van der Waals surface area contributed by atoms with Crippen LogP contribution in [0.1, 0.15) is 48.9 Å². The number of amides is 1. The summed E-state index contributed by atoms with van der Waals surface area (Å²) in [6.07, 6.45) is -9.20. The van der Waals surface area contributed by atoms with Gasteiger partial charge in [0, 0.05) is 17.9 Å². The number of fused-ring (bicyclic) bond motifs is 3. The monoisotopic (exact) mass is 566 g/mol. The highest BCUT2D eigenvalue weighted by atomic mass is 32.2. The first-order chi connectivity index (χ1) is 16.2. The van der Waals surface area contributed by atoms with Gasteiger partial charge in [-0.2, -0.15) is 13.2 Å². The van der Waals surface area contributed by atoms with Crippen molar-refractivity contribution in [1.82, 2.24) is 5.32 Å². The fraction of sp³-hybridized carbons (Fsp3) is 0.650. The number of alkyl halides is 6. The van der Waals surface area contributed by atoms with Crippen LogP contribution in [-0.4, -0.2) is 58.6 Å². The Labute approximate surface area is 203 Å². The van der Waals surface area contributed by atoms with Crippen molar-refractivity contribution < 1.29 is 52.7 Å². The molecule has 0 unspecified atom stereocenters. The van der Waals surface area contributed by atoms with Gasteiger partial charge in [-0.3, -0.25) is 9.52 Å². The maximum absolute atomic E-state index is 13.5. The van der Waals surface area contributed by atoms with Crippen molar-refractivity contribution in [2.24, 2.45) is 5.41 Å². The van der Waals surface area contributed by atoms with E-state index in [1.54, 1.807) is 0 Å². The van der Waals surface area contributed by atoms with Crippen LogP contribution in [0.4, 0.5) is 32.0 Å². The summed E-state index contributed by atoms with van der Waals surface area (Å²) in [6, 6.07) is 2.28. The standard InChI is InChI=1S/C20H24F6N2O6S2/c1-35(30,31)10-11-36(32,33)28-15-12-13(34-20(24,25)26)2-3-14(15)16(29)27-18-7-4-17(5-8-18,6-9-18)19(21,22)23/h2-3,12,28H,4-11H2,1H3,(H,27,29). The Morgan fingerprint density at radius 1 is 0.944 bits per heavy atom. The van der Waals surface area contributed by atoms with Crippen LogP contribution in [-0.2, 0) is 19.9 Å². The highest BCUT2D eigenvalue weighted by Gasteiger charge is 2.61. The number of benzene rings is 1. The second-order valence-corrected chi connectivity index (χ2v) is 13.4. The van der Waals surface area contributed by atoms with Crippen LogP contribution < -0.4 is 14.8 Å². The molecule has 3 aliphatic carbocycles. The van der Waals surface area contributed by atoms with Crippen LogP contribution in [0.15, 0.2) is 18.2 Å². The van der Waals surface area contributed by atoms with Gasteiger partial charge in [0.05, 0.1) is 28.2 Å². The fourth-order valence-corrected chi connectivity index (χ4v) is 7.28. The normalized spacial score (nSPS) is 24.9. The zero-order valence-electron chi connectivity index (χ0n) is 18.9. The van der Waals surface area contributed by atoms with Gasteiger partial charge in [0.25, 0.3) is 5.91 Å². The summed E-state index contributed by atoms with van der Waals surface area (Å²) >= 11 is 0. The molecule has 8 nitrogen and oxygen atoms in total. The van der Waals surface area contributed by atoms with Crippen molar-refractivity contribution in [1.29, 1.82) is 0 Å². The van der Waals surface area contributed by atoms with Crippen molar-refractivity contribution >= 4 is 31.5 Å². The van der Waals surface area contributed by atoms with E-state index in [1.165, 1.54) is 0 Å². The van der Waals surface area contributed by atoms with E-state index in [9.17, 15) is 48.0 Å². The van der Waals surface area contributed by atoms with Crippen LogP contribution in [0, 0.1) is 5.41 Å². The third kappa shape index (κ3) is 6.75. The third-order valence-electron chi connectivity index (χ3n) is 6.68. The number of nitrogens with one attached hydrogen (secondary N) is 2. The minimum Gasteiger partial charge on any atom is -0.406 e. The third-order valence-corrected chi connectivity index (χ3v) is 9.16. The molecule has 3 saturated carbocycles. The first-order valence-corrected chi connectivity index (χ1v) is 14.4. The van der Waals surface area contributed by atoms with Gasteiger partial charge in [-0.25, -0.2) is 16.8 Å². The van der Waals surface area contributed by atoms with Crippen molar-refractivity contribution in [3.63, 3.8) is 0 Å². The predicted molar refractivity (Wildman–Crippen MR) is 117 cm³/mol. The summed E-state index contributed by atoms with van der Waals surface area (Å²) in [5.41, 5.74) is -3.79. The molecular weight excluding hydrogens is 542 g/mol. The zero-order valence-corrected chi connectivity index (χ0v) is 20.6. The summed E-state index contributed by atoms with van der Waals surface area (Å²) in [7, 11) is -8.13. The van der Waals surface area contributed by atoms with Crippen LogP contribution in [0.5, 0.6) is 5.75 Å². The quantitative estimate of drug-likeness (QED) is 0.463. The Hall–Kier alpha value is -2.23. The summed E-state index contributed by atoms with van der Waals surface area (Å²) in [5, 5.41) is 2.66. The SMILES string of the molecule is CS(=O)(=O)CCS(=O)(=O)Nc1cc(OC(F)(F)F)ccc1C(=O)NC12CCC(C(F)(F)F)(CC1)CC2. The average molecular weight is 567 g/mol. The lowest BCUT2D eigenvalue weighted by Crippen LogP contribution is -2.59. The van der Waals surface area contributed by atoms with Gasteiger partial charge in [-0.05, 0) is 50.7 Å². The van der Waals surface area contributed by atoms with Crippen LogP contribution in [0.2, 0.25) is 0 Å². The predicted octanol–water partition coefficient (Wildman–Crippen LogP) is 3.76. The van der Waals surface area contributed by atoms with E-state index in [4.69, 9.17) is 0 Å². The maximum Gasteiger partial charge on any atom is 0.573 e. The molecule has 16 heteroatoms. The molecule has 0 radical (unpaired) electrons. The van der Waals surface area contributed by atoms with Gasteiger partial charge < -0.3 is 10.1 Å². The molecule has 1 aromatic rings. The van der Waals surface area contributed by atoms with E-state index in [0.29, 0.717) is 6.07 Å². The van der Waals surface area contributed by atoms with Crippen molar-refractivity contribution in [3.05, 3.63) is 23.8 Å². The molecule has 4 rings (SSSR count). The number of anilines is 1. The maximum atomic E-state index is 13.5. The molecule has 1 aromatic carbocycles. The Kier molecular flexibility index (Phi) is 7.29. The molecule has 36 heavy (non-hydrogen) atoms. The lowest BCUT2D eigenvalue weighted by atomic mass is 9.57. The number of hydrogen-bond donors (Lipinski definition) is 2. The van der Waals surface area contributed by atoms with Gasteiger partial charge in [0.1, 0.15) is 15.6 Å². The minimum atomic E-state index is -5.12. The number of sulfone groups is 1. The number of ether oxygens (including phenoxy) is 1. The first kappa shape index (κ1) is 28.3. The molecule has 0 spiro atoms. The molecule has 3 fully saturated rings. The van der Waals surface area contributed by atoms with Crippen molar-refractivity contribution in [2.75, 3.05) is 22.5 Å². The Morgan fingerprint density at radius 2 is 1.50 bits per heavy atom. The molecule has 0 aliphatic heterocycles. The Bertz CT molecular complexity index is 1200. The number of halogens is 6. The van der Waals surface area contributed by atoms with E-state index in [1.807, 2.05) is 4.72 Å². The van der Waals surface area contributed by atoms with E-state index >= 15 is 0 Å². The average Bonchev–Trinajstić information content (AvgIpc) is 2.71. The van der Waals surface area contributed by atoms with E-state index in [0.717, 1.165) is 18.4 Å². The van der Waals surface area contributed by atoms with Gasteiger partial charge >= 0.3 is 12.5 Å². The molecular formula is C20H24F6N2O6S2. The summed E-state index contributed by atoms with van der Waals surface area (Å²) in [5.74, 6) is -3.47. The van der Waals surface area contributed by atoms with Crippen molar-refractivity contribution in [2.45, 2.75) is 56.6 Å². The lowest BCUT2D eigenvalue weighted by Gasteiger charge is -2.53. The topological polar surface area (TPSA) is 119 Å². The molecule has 204 valence electrons. The summed E-state index contributed by atoms with van der Waals surface area (Å²) in [6.45, 7) is 0. The van der Waals surface area contributed by atoms with Gasteiger partial charge in [0.2, 0.25) is 10.0 Å². The molecule has 2 N–H and O–H groups in total. The van der Waals surface area contributed by atoms with E-state index in [2.05, 4.69) is 10.1 Å². The molecule has 0 atom stereocenters. The number of sulfonamides is 1. The van der Waals surface area contributed by atoms with Crippen molar-refractivity contribution in [3.8, 4) is 5.75 Å². The highest BCUT2D eigenvalue weighted by molar-refractivity contribution is 7.95. The summed E-state index contributed by atoms with van der Waals surface area (Å²) < 4.78 is 132. The lowest BCUT2D eigenvalue weighted by molar-refractivity contribution is -0.274. The second kappa shape index (κ2) is 9.26. The Morgan fingerprint density at radius 3 is 1.97 bits per heavy atom. The van der Waals surface area contributed by atoms with Crippen LogP contribution in [0.3, 0.4) is 0 Å². The zero-order chi connectivity index (χ0) is 27.2. The molecule has 0 saturated heterocycles. The van der Waals surface area contributed by atoms with Gasteiger partial charge in [0.15, 0.2) is 0 Å². The Balaban J connectivity index is 1.86.